The topological polar surface area (TPSA) is 78.3 Å². The van der Waals surface area contributed by atoms with Crippen LogP contribution < -0.4 is 10.2 Å². The molecule has 2 heterocycles. The van der Waals surface area contributed by atoms with Crippen LogP contribution in [0.4, 0.5) is 5.95 Å². The molecule has 1 aromatic heterocycles. The van der Waals surface area contributed by atoms with Crippen molar-refractivity contribution in [2.75, 3.05) is 31.1 Å². The first-order valence-corrected chi connectivity index (χ1v) is 6.20. The SMILES string of the molecule is O=C(O)c1ccc2nc(N3CCNCC3)ncc2c1. The van der Waals surface area contributed by atoms with E-state index in [-0.39, 0.29) is 5.56 Å². The summed E-state index contributed by atoms with van der Waals surface area (Å²) in [7, 11) is 0. The van der Waals surface area contributed by atoms with Crippen LogP contribution in [0.1, 0.15) is 10.4 Å². The summed E-state index contributed by atoms with van der Waals surface area (Å²) in [5, 5.41) is 13.0. The van der Waals surface area contributed by atoms with Gasteiger partial charge in [0.1, 0.15) is 0 Å². The van der Waals surface area contributed by atoms with Crippen LogP contribution in [0.5, 0.6) is 0 Å². The number of fused-ring (bicyclic) bond motifs is 1. The van der Waals surface area contributed by atoms with Crippen molar-refractivity contribution in [3.05, 3.63) is 30.0 Å². The van der Waals surface area contributed by atoms with Gasteiger partial charge >= 0.3 is 5.97 Å². The number of benzene rings is 1. The first kappa shape index (κ1) is 11.9. The van der Waals surface area contributed by atoms with Gasteiger partial charge in [0.25, 0.3) is 0 Å². The minimum Gasteiger partial charge on any atom is -0.478 e. The number of carboxylic acid groups (broad SMARTS) is 1. The molecule has 2 N–H and O–H groups in total. The van der Waals surface area contributed by atoms with E-state index in [1.807, 2.05) is 0 Å². The Hall–Kier alpha value is -2.21. The molecular formula is C13H14N4O2. The third-order valence-electron chi connectivity index (χ3n) is 3.21. The molecule has 1 aromatic carbocycles. The van der Waals surface area contributed by atoms with Crippen LogP contribution in [0.25, 0.3) is 10.9 Å². The maximum atomic E-state index is 10.9. The maximum absolute atomic E-state index is 10.9. The van der Waals surface area contributed by atoms with Crippen molar-refractivity contribution in [1.29, 1.82) is 0 Å². The van der Waals surface area contributed by atoms with E-state index in [0.29, 0.717) is 5.95 Å². The lowest BCUT2D eigenvalue weighted by Gasteiger charge is -2.27. The van der Waals surface area contributed by atoms with Gasteiger partial charge in [-0.15, -0.1) is 0 Å². The summed E-state index contributed by atoms with van der Waals surface area (Å²) in [5.74, 6) is -0.231. The maximum Gasteiger partial charge on any atom is 0.335 e. The van der Waals surface area contributed by atoms with E-state index in [0.717, 1.165) is 37.1 Å². The quantitative estimate of drug-likeness (QED) is 0.827. The summed E-state index contributed by atoms with van der Waals surface area (Å²) in [4.78, 5) is 21.8. The Labute approximate surface area is 110 Å². The van der Waals surface area contributed by atoms with Crippen LogP contribution >= 0.6 is 0 Å². The van der Waals surface area contributed by atoms with Crippen LogP contribution in [-0.2, 0) is 0 Å². The van der Waals surface area contributed by atoms with Crippen LogP contribution in [0.3, 0.4) is 0 Å². The predicted octanol–water partition coefficient (Wildman–Crippen LogP) is 0.738. The Bertz CT molecular complexity index is 623. The van der Waals surface area contributed by atoms with E-state index in [2.05, 4.69) is 20.2 Å². The van der Waals surface area contributed by atoms with Gasteiger partial charge in [-0.25, -0.2) is 14.8 Å². The molecule has 0 atom stereocenters. The number of piperazine rings is 1. The highest BCUT2D eigenvalue weighted by Crippen LogP contribution is 2.17. The van der Waals surface area contributed by atoms with Crippen molar-refractivity contribution in [2.24, 2.45) is 0 Å². The Morgan fingerprint density at radius 3 is 2.84 bits per heavy atom. The molecule has 6 nitrogen and oxygen atoms in total. The first-order valence-electron chi connectivity index (χ1n) is 6.20. The molecule has 0 radical (unpaired) electrons. The molecule has 0 bridgehead atoms. The molecule has 1 aliphatic rings. The van der Waals surface area contributed by atoms with Crippen molar-refractivity contribution < 1.29 is 9.90 Å². The number of aromatic carboxylic acids is 1. The standard InChI is InChI=1S/C13H14N4O2/c18-12(19)9-1-2-11-10(7-9)8-15-13(16-11)17-5-3-14-4-6-17/h1-2,7-8,14H,3-6H2,(H,18,19). The lowest BCUT2D eigenvalue weighted by molar-refractivity contribution is 0.0697. The number of carbonyl (C=O) groups is 1. The summed E-state index contributed by atoms with van der Waals surface area (Å²) in [6.07, 6.45) is 1.69. The average Bonchev–Trinajstić information content (AvgIpc) is 2.47. The van der Waals surface area contributed by atoms with Gasteiger partial charge in [0.2, 0.25) is 5.95 Å². The van der Waals surface area contributed by atoms with Crippen molar-refractivity contribution in [3.8, 4) is 0 Å². The minimum absolute atomic E-state index is 0.256. The van der Waals surface area contributed by atoms with Crippen molar-refractivity contribution in [1.82, 2.24) is 15.3 Å². The van der Waals surface area contributed by atoms with Gasteiger partial charge in [-0.3, -0.25) is 0 Å². The largest absolute Gasteiger partial charge is 0.478 e. The fourth-order valence-electron chi connectivity index (χ4n) is 2.17. The summed E-state index contributed by atoms with van der Waals surface area (Å²) in [5.41, 5.74) is 1.03. The van der Waals surface area contributed by atoms with E-state index in [4.69, 9.17) is 5.11 Å². The third-order valence-corrected chi connectivity index (χ3v) is 3.21. The van der Waals surface area contributed by atoms with E-state index in [9.17, 15) is 4.79 Å². The molecule has 0 spiro atoms. The summed E-state index contributed by atoms with van der Waals surface area (Å²) in [6.45, 7) is 3.64. The Morgan fingerprint density at radius 2 is 2.11 bits per heavy atom. The molecule has 2 aromatic rings. The van der Waals surface area contributed by atoms with Gasteiger partial charge in [0, 0.05) is 37.8 Å². The number of nitrogens with one attached hydrogen (secondary N) is 1. The zero-order valence-corrected chi connectivity index (χ0v) is 10.3. The molecule has 0 unspecified atom stereocenters. The molecule has 0 saturated carbocycles. The predicted molar refractivity (Wildman–Crippen MR) is 71.6 cm³/mol. The average molecular weight is 258 g/mol. The minimum atomic E-state index is -0.937. The van der Waals surface area contributed by atoms with Gasteiger partial charge in [-0.2, -0.15) is 0 Å². The van der Waals surface area contributed by atoms with Gasteiger partial charge in [0.05, 0.1) is 11.1 Å². The van der Waals surface area contributed by atoms with E-state index < -0.39 is 5.97 Å². The monoisotopic (exact) mass is 258 g/mol. The highest BCUT2D eigenvalue weighted by atomic mass is 16.4. The van der Waals surface area contributed by atoms with Crippen LogP contribution in [0.15, 0.2) is 24.4 Å². The zero-order chi connectivity index (χ0) is 13.2. The molecule has 98 valence electrons. The van der Waals surface area contributed by atoms with Crippen LogP contribution in [-0.4, -0.2) is 47.2 Å². The molecule has 0 aliphatic carbocycles. The smallest absolute Gasteiger partial charge is 0.335 e. The molecule has 3 rings (SSSR count). The van der Waals surface area contributed by atoms with Crippen molar-refractivity contribution in [2.45, 2.75) is 0 Å². The second-order valence-corrected chi connectivity index (χ2v) is 4.49. The Balaban J connectivity index is 1.97. The van der Waals surface area contributed by atoms with Gasteiger partial charge in [0.15, 0.2) is 0 Å². The third kappa shape index (κ3) is 2.34. The molecule has 1 aliphatic heterocycles. The number of aromatic nitrogens is 2. The normalized spacial score (nSPS) is 15.7. The summed E-state index contributed by atoms with van der Waals surface area (Å²) >= 11 is 0. The number of hydrogen-bond acceptors (Lipinski definition) is 5. The highest BCUT2D eigenvalue weighted by molar-refractivity contribution is 5.93. The highest BCUT2D eigenvalue weighted by Gasteiger charge is 2.13. The van der Waals surface area contributed by atoms with Crippen LogP contribution in [0, 0.1) is 0 Å². The fourth-order valence-corrected chi connectivity index (χ4v) is 2.17. The summed E-state index contributed by atoms with van der Waals surface area (Å²) in [6, 6.07) is 4.89. The Morgan fingerprint density at radius 1 is 1.32 bits per heavy atom. The van der Waals surface area contributed by atoms with Crippen molar-refractivity contribution in [3.63, 3.8) is 0 Å². The first-order chi connectivity index (χ1) is 9.24. The van der Waals surface area contributed by atoms with Crippen molar-refractivity contribution >= 4 is 22.8 Å². The number of nitrogens with zero attached hydrogens (tertiary/aromatic N) is 3. The second-order valence-electron chi connectivity index (χ2n) is 4.49. The van der Waals surface area contributed by atoms with Crippen LogP contribution in [0.2, 0.25) is 0 Å². The number of anilines is 1. The molecular weight excluding hydrogens is 244 g/mol. The lowest BCUT2D eigenvalue weighted by atomic mass is 10.1. The molecule has 6 heteroatoms. The lowest BCUT2D eigenvalue weighted by Crippen LogP contribution is -2.44. The summed E-state index contributed by atoms with van der Waals surface area (Å²) < 4.78 is 0. The number of carboxylic acids is 1. The molecule has 0 amide bonds. The van der Waals surface area contributed by atoms with E-state index >= 15 is 0 Å². The van der Waals surface area contributed by atoms with Gasteiger partial charge in [-0.05, 0) is 18.2 Å². The molecule has 1 fully saturated rings. The van der Waals surface area contributed by atoms with E-state index in [1.54, 1.807) is 24.4 Å². The second kappa shape index (κ2) is 4.81. The number of rotatable bonds is 2. The molecule has 1 saturated heterocycles. The Kier molecular flexibility index (Phi) is 3.00. The number of hydrogen-bond donors (Lipinski definition) is 2. The molecule has 19 heavy (non-hydrogen) atoms. The zero-order valence-electron chi connectivity index (χ0n) is 10.3. The van der Waals surface area contributed by atoms with Gasteiger partial charge in [-0.1, -0.05) is 0 Å². The van der Waals surface area contributed by atoms with Gasteiger partial charge < -0.3 is 15.3 Å². The van der Waals surface area contributed by atoms with E-state index in [1.165, 1.54) is 0 Å². The fraction of sp³-hybridized carbons (Fsp3) is 0.308.